The summed E-state index contributed by atoms with van der Waals surface area (Å²) < 4.78 is 29.4. The maximum Gasteiger partial charge on any atom is 0.256 e. The second kappa shape index (κ2) is 8.11. The lowest BCUT2D eigenvalue weighted by atomic mass is 9.79. The molecule has 4 aromatic rings. The molecule has 0 unspecified atom stereocenters. The van der Waals surface area contributed by atoms with E-state index in [1.165, 1.54) is 4.57 Å². The maximum atomic E-state index is 13.1. The fourth-order valence-corrected chi connectivity index (χ4v) is 4.82. The van der Waals surface area contributed by atoms with Crippen molar-refractivity contribution in [3.05, 3.63) is 42.2 Å². The molecule has 174 valence electrons. The van der Waals surface area contributed by atoms with Gasteiger partial charge in [0.15, 0.2) is 11.5 Å². The van der Waals surface area contributed by atoms with Crippen LogP contribution in [0.3, 0.4) is 0 Å². The van der Waals surface area contributed by atoms with Crippen molar-refractivity contribution in [3.63, 3.8) is 0 Å². The van der Waals surface area contributed by atoms with Crippen LogP contribution in [0.1, 0.15) is 37.3 Å². The minimum Gasteiger partial charge on any atom is -0.319 e. The largest absolute Gasteiger partial charge is 0.319 e. The quantitative estimate of drug-likeness (QED) is 0.497. The zero-order chi connectivity index (χ0) is 23.3. The standard InChI is InChI=1S/C23H28F2N8/c1-14-28-18-5-4-17(29-21(18)32(14)13-20(24)25)16-8-11-33-19(16)12-27-22(30-33)23(26)9-6-15(7-10-23)31(2)3/h4-5,8,11-12,15,20H,6-7,9-10,13,26H2,1-3H3. The Kier molecular flexibility index (Phi) is 5.37. The van der Waals surface area contributed by atoms with Crippen molar-refractivity contribution >= 4 is 16.7 Å². The topological polar surface area (TPSA) is 90.2 Å². The van der Waals surface area contributed by atoms with Gasteiger partial charge in [0.25, 0.3) is 6.43 Å². The maximum absolute atomic E-state index is 13.1. The number of hydrogen-bond acceptors (Lipinski definition) is 6. The molecule has 1 fully saturated rings. The van der Waals surface area contributed by atoms with Gasteiger partial charge in [-0.15, -0.1) is 0 Å². The first-order chi connectivity index (χ1) is 15.7. The van der Waals surface area contributed by atoms with Crippen LogP contribution in [0.2, 0.25) is 0 Å². The van der Waals surface area contributed by atoms with Crippen LogP contribution in [-0.4, -0.2) is 60.6 Å². The highest BCUT2D eigenvalue weighted by Gasteiger charge is 2.36. The number of pyridine rings is 1. The zero-order valence-corrected chi connectivity index (χ0v) is 19.0. The summed E-state index contributed by atoms with van der Waals surface area (Å²) in [6.07, 6.45) is 4.85. The third-order valence-electron chi connectivity index (χ3n) is 6.82. The predicted octanol–water partition coefficient (Wildman–Crippen LogP) is 3.37. The van der Waals surface area contributed by atoms with Crippen LogP contribution < -0.4 is 5.73 Å². The molecule has 33 heavy (non-hydrogen) atoms. The number of halogens is 2. The summed E-state index contributed by atoms with van der Waals surface area (Å²) in [6.45, 7) is 1.27. The van der Waals surface area contributed by atoms with Gasteiger partial charge in [0.05, 0.1) is 29.5 Å². The molecule has 0 aliphatic heterocycles. The van der Waals surface area contributed by atoms with Crippen molar-refractivity contribution in [1.29, 1.82) is 0 Å². The van der Waals surface area contributed by atoms with Crippen molar-refractivity contribution in [2.75, 3.05) is 14.1 Å². The van der Waals surface area contributed by atoms with Crippen LogP contribution in [-0.2, 0) is 12.1 Å². The average Bonchev–Trinajstić information content (AvgIpc) is 3.34. The molecule has 0 radical (unpaired) electrons. The Balaban J connectivity index is 1.49. The SMILES string of the molecule is Cc1nc2ccc(-c3ccn4nc(C5(N)CCC(N(C)C)CC5)ncc34)nc2n1CC(F)F. The number of fused-ring (bicyclic) bond motifs is 2. The lowest BCUT2D eigenvalue weighted by Crippen LogP contribution is -2.46. The Morgan fingerprint density at radius 1 is 1.18 bits per heavy atom. The van der Waals surface area contributed by atoms with Gasteiger partial charge < -0.3 is 15.2 Å². The van der Waals surface area contributed by atoms with Crippen LogP contribution >= 0.6 is 0 Å². The summed E-state index contributed by atoms with van der Waals surface area (Å²) in [5.41, 5.74) is 9.50. The Labute approximate surface area is 190 Å². The number of aryl methyl sites for hydroxylation is 1. The molecule has 10 heteroatoms. The molecule has 0 atom stereocenters. The van der Waals surface area contributed by atoms with Crippen LogP contribution in [0.25, 0.3) is 27.9 Å². The van der Waals surface area contributed by atoms with Gasteiger partial charge in [0, 0.05) is 17.8 Å². The van der Waals surface area contributed by atoms with E-state index in [0.29, 0.717) is 34.5 Å². The van der Waals surface area contributed by atoms with E-state index in [4.69, 9.17) is 10.8 Å². The molecule has 2 N–H and O–H groups in total. The first-order valence-corrected chi connectivity index (χ1v) is 11.2. The molecule has 0 spiro atoms. The molecule has 0 aromatic carbocycles. The van der Waals surface area contributed by atoms with Crippen molar-refractivity contribution in [2.24, 2.45) is 5.73 Å². The highest BCUT2D eigenvalue weighted by Crippen LogP contribution is 2.35. The fourth-order valence-electron chi connectivity index (χ4n) is 4.82. The average molecular weight is 455 g/mol. The van der Waals surface area contributed by atoms with E-state index < -0.39 is 18.5 Å². The van der Waals surface area contributed by atoms with Crippen molar-refractivity contribution in [2.45, 2.75) is 57.2 Å². The second-order valence-electron chi connectivity index (χ2n) is 9.19. The molecule has 0 bridgehead atoms. The Hall–Kier alpha value is -2.98. The summed E-state index contributed by atoms with van der Waals surface area (Å²) >= 11 is 0. The third kappa shape index (κ3) is 3.87. The minimum atomic E-state index is -2.48. The van der Waals surface area contributed by atoms with Crippen molar-refractivity contribution in [3.8, 4) is 11.3 Å². The van der Waals surface area contributed by atoms with Gasteiger partial charge in [-0.1, -0.05) is 0 Å². The normalized spacial score (nSPS) is 21.6. The number of hydrogen-bond donors (Lipinski definition) is 1. The molecule has 1 saturated carbocycles. The van der Waals surface area contributed by atoms with E-state index in [9.17, 15) is 8.78 Å². The molecule has 4 aromatic heterocycles. The second-order valence-corrected chi connectivity index (χ2v) is 9.19. The summed E-state index contributed by atoms with van der Waals surface area (Å²) in [5, 5.41) is 4.73. The monoisotopic (exact) mass is 454 g/mol. The molecular formula is C23H28F2N8. The fraction of sp³-hybridized carbons (Fsp3) is 0.478. The number of nitrogens with two attached hydrogens (primary N) is 1. The lowest BCUT2D eigenvalue weighted by Gasteiger charge is -2.38. The van der Waals surface area contributed by atoms with Crippen LogP contribution in [0.4, 0.5) is 8.78 Å². The molecule has 1 aliphatic carbocycles. The summed E-state index contributed by atoms with van der Waals surface area (Å²) in [7, 11) is 4.20. The smallest absolute Gasteiger partial charge is 0.256 e. The number of alkyl halides is 2. The minimum absolute atomic E-state index is 0.435. The predicted molar refractivity (Wildman–Crippen MR) is 122 cm³/mol. The highest BCUT2D eigenvalue weighted by atomic mass is 19.3. The van der Waals surface area contributed by atoms with Gasteiger partial charge in [-0.2, -0.15) is 5.10 Å². The van der Waals surface area contributed by atoms with E-state index in [1.54, 1.807) is 17.6 Å². The van der Waals surface area contributed by atoms with Gasteiger partial charge in [-0.25, -0.2) is 28.2 Å². The zero-order valence-electron chi connectivity index (χ0n) is 19.0. The Morgan fingerprint density at radius 2 is 1.94 bits per heavy atom. The first-order valence-electron chi connectivity index (χ1n) is 11.2. The summed E-state index contributed by atoms with van der Waals surface area (Å²) in [6, 6.07) is 6.10. The van der Waals surface area contributed by atoms with Crippen LogP contribution in [0, 0.1) is 6.92 Å². The van der Waals surface area contributed by atoms with Crippen LogP contribution in [0.15, 0.2) is 30.6 Å². The summed E-state index contributed by atoms with van der Waals surface area (Å²) in [5.74, 6) is 1.16. The molecule has 0 amide bonds. The van der Waals surface area contributed by atoms with Crippen molar-refractivity contribution in [1.82, 2.24) is 34.0 Å². The lowest BCUT2D eigenvalue weighted by molar-refractivity contribution is 0.127. The summed E-state index contributed by atoms with van der Waals surface area (Å²) in [4.78, 5) is 15.9. The Morgan fingerprint density at radius 3 is 2.64 bits per heavy atom. The van der Waals surface area contributed by atoms with E-state index in [-0.39, 0.29) is 0 Å². The molecule has 4 heterocycles. The van der Waals surface area contributed by atoms with E-state index in [1.807, 2.05) is 24.4 Å². The number of imidazole rings is 1. The number of rotatable bonds is 5. The number of nitrogens with zero attached hydrogens (tertiary/aromatic N) is 7. The molecule has 1 aliphatic rings. The van der Waals surface area contributed by atoms with Gasteiger partial charge >= 0.3 is 0 Å². The highest BCUT2D eigenvalue weighted by molar-refractivity contribution is 5.82. The molecular weight excluding hydrogens is 426 g/mol. The van der Waals surface area contributed by atoms with E-state index in [2.05, 4.69) is 33.9 Å². The number of aromatic nitrogens is 6. The molecule has 0 saturated heterocycles. The third-order valence-corrected chi connectivity index (χ3v) is 6.82. The molecule has 5 rings (SSSR count). The van der Waals surface area contributed by atoms with Gasteiger partial charge in [-0.3, -0.25) is 0 Å². The Bertz CT molecular complexity index is 1300. The van der Waals surface area contributed by atoms with Crippen molar-refractivity contribution < 1.29 is 8.78 Å². The van der Waals surface area contributed by atoms with E-state index in [0.717, 1.165) is 36.8 Å². The first kappa shape index (κ1) is 21.8. The van der Waals surface area contributed by atoms with Gasteiger partial charge in [-0.05, 0) is 64.9 Å². The van der Waals surface area contributed by atoms with E-state index >= 15 is 0 Å². The van der Waals surface area contributed by atoms with Gasteiger partial charge in [0.2, 0.25) is 0 Å². The molecule has 8 nitrogen and oxygen atoms in total. The van der Waals surface area contributed by atoms with Crippen LogP contribution in [0.5, 0.6) is 0 Å². The van der Waals surface area contributed by atoms with Gasteiger partial charge in [0.1, 0.15) is 11.3 Å².